The summed E-state index contributed by atoms with van der Waals surface area (Å²) < 4.78 is 3.81. The van der Waals surface area contributed by atoms with Crippen LogP contribution < -0.4 is 10.2 Å². The molecule has 0 spiro atoms. The fourth-order valence-corrected chi connectivity index (χ4v) is 3.23. The van der Waals surface area contributed by atoms with Gasteiger partial charge in [0.25, 0.3) is 5.91 Å². The topological polar surface area (TPSA) is 104 Å². The average Bonchev–Trinajstić information content (AvgIpc) is 3.20. The SMILES string of the molecule is CCc1nnsc1C(=O)NC[C@@]1(O)CCN(c2ncccn2)C1. The number of nitrogens with zero attached hydrogens (tertiary/aromatic N) is 5. The first-order chi connectivity index (χ1) is 11.1. The molecule has 2 N–H and O–H groups in total. The first-order valence-electron chi connectivity index (χ1n) is 7.45. The van der Waals surface area contributed by atoms with E-state index in [0.29, 0.717) is 42.5 Å². The summed E-state index contributed by atoms with van der Waals surface area (Å²) in [6.45, 7) is 3.14. The summed E-state index contributed by atoms with van der Waals surface area (Å²) in [6.07, 6.45) is 4.55. The van der Waals surface area contributed by atoms with Crippen molar-refractivity contribution in [2.24, 2.45) is 0 Å². The lowest BCUT2D eigenvalue weighted by Crippen LogP contribution is -2.45. The summed E-state index contributed by atoms with van der Waals surface area (Å²) >= 11 is 1.08. The van der Waals surface area contributed by atoms with Crippen molar-refractivity contribution in [3.8, 4) is 0 Å². The number of carbonyl (C=O) groups is 1. The Morgan fingerprint density at radius 3 is 3.00 bits per heavy atom. The molecule has 3 rings (SSSR count). The van der Waals surface area contributed by atoms with Gasteiger partial charge in [-0.3, -0.25) is 4.79 Å². The maximum Gasteiger partial charge on any atom is 0.265 e. The van der Waals surface area contributed by atoms with E-state index in [9.17, 15) is 9.90 Å². The van der Waals surface area contributed by atoms with Gasteiger partial charge in [0.1, 0.15) is 10.5 Å². The Bertz CT molecular complexity index is 679. The monoisotopic (exact) mass is 334 g/mol. The Morgan fingerprint density at radius 2 is 2.26 bits per heavy atom. The molecule has 1 aliphatic rings. The number of amides is 1. The second-order valence-electron chi connectivity index (χ2n) is 5.53. The average molecular weight is 334 g/mol. The zero-order valence-corrected chi connectivity index (χ0v) is 13.6. The third-order valence-electron chi connectivity index (χ3n) is 3.84. The number of hydrogen-bond acceptors (Lipinski definition) is 8. The van der Waals surface area contributed by atoms with Gasteiger partial charge in [-0.2, -0.15) is 0 Å². The zero-order chi connectivity index (χ0) is 16.3. The maximum atomic E-state index is 12.2. The summed E-state index contributed by atoms with van der Waals surface area (Å²) in [6, 6.07) is 1.75. The Morgan fingerprint density at radius 1 is 1.48 bits per heavy atom. The number of nitrogens with one attached hydrogen (secondary N) is 1. The molecule has 2 aromatic rings. The van der Waals surface area contributed by atoms with Crippen LogP contribution in [0.2, 0.25) is 0 Å². The molecule has 0 bridgehead atoms. The molecule has 1 aliphatic heterocycles. The Hall–Kier alpha value is -2.13. The van der Waals surface area contributed by atoms with Crippen molar-refractivity contribution in [1.82, 2.24) is 24.9 Å². The van der Waals surface area contributed by atoms with Gasteiger partial charge in [0.15, 0.2) is 0 Å². The van der Waals surface area contributed by atoms with E-state index in [4.69, 9.17) is 0 Å². The van der Waals surface area contributed by atoms with Crippen molar-refractivity contribution >= 4 is 23.4 Å². The number of carbonyl (C=O) groups excluding carboxylic acids is 1. The molecule has 0 unspecified atom stereocenters. The second-order valence-corrected chi connectivity index (χ2v) is 6.28. The van der Waals surface area contributed by atoms with E-state index in [1.54, 1.807) is 18.5 Å². The van der Waals surface area contributed by atoms with Crippen molar-refractivity contribution in [2.75, 3.05) is 24.5 Å². The highest BCUT2D eigenvalue weighted by Gasteiger charge is 2.37. The van der Waals surface area contributed by atoms with Gasteiger partial charge in [0.2, 0.25) is 5.95 Å². The van der Waals surface area contributed by atoms with Crippen LogP contribution in [0.3, 0.4) is 0 Å². The summed E-state index contributed by atoms with van der Waals surface area (Å²) in [5.41, 5.74) is -0.301. The summed E-state index contributed by atoms with van der Waals surface area (Å²) in [5.74, 6) is 0.356. The van der Waals surface area contributed by atoms with E-state index in [1.807, 2.05) is 11.8 Å². The lowest BCUT2D eigenvalue weighted by molar-refractivity contribution is 0.0576. The van der Waals surface area contributed by atoms with Gasteiger partial charge in [0.05, 0.1) is 12.2 Å². The fourth-order valence-electron chi connectivity index (χ4n) is 2.56. The number of hydrogen-bond donors (Lipinski definition) is 2. The molecule has 1 fully saturated rings. The van der Waals surface area contributed by atoms with Crippen LogP contribution in [0.15, 0.2) is 18.5 Å². The largest absolute Gasteiger partial charge is 0.386 e. The molecule has 1 saturated heterocycles. The van der Waals surface area contributed by atoms with Gasteiger partial charge >= 0.3 is 0 Å². The van der Waals surface area contributed by atoms with E-state index in [0.717, 1.165) is 11.5 Å². The molecule has 8 nitrogen and oxygen atoms in total. The van der Waals surface area contributed by atoms with E-state index in [1.165, 1.54) is 0 Å². The van der Waals surface area contributed by atoms with Gasteiger partial charge in [-0.1, -0.05) is 11.4 Å². The Kier molecular flexibility index (Phi) is 4.49. The van der Waals surface area contributed by atoms with Gasteiger partial charge < -0.3 is 15.3 Å². The van der Waals surface area contributed by atoms with E-state index in [-0.39, 0.29) is 12.5 Å². The van der Waals surface area contributed by atoms with Gasteiger partial charge in [-0.25, -0.2) is 9.97 Å². The van der Waals surface area contributed by atoms with Crippen molar-refractivity contribution in [3.05, 3.63) is 29.0 Å². The number of anilines is 1. The highest BCUT2D eigenvalue weighted by Crippen LogP contribution is 2.23. The Labute approximate surface area is 137 Å². The number of aromatic nitrogens is 4. The predicted molar refractivity (Wildman–Crippen MR) is 85.4 cm³/mol. The first-order valence-corrected chi connectivity index (χ1v) is 8.22. The van der Waals surface area contributed by atoms with Crippen LogP contribution in [-0.2, 0) is 6.42 Å². The Balaban J connectivity index is 1.59. The molecule has 0 radical (unpaired) electrons. The number of β-amino-alcohol motifs (C(OH)–C–C–N with tert-alkyl or cyclic N) is 1. The fraction of sp³-hybridized carbons (Fsp3) is 0.500. The van der Waals surface area contributed by atoms with Gasteiger partial charge in [0, 0.05) is 25.5 Å². The molecule has 122 valence electrons. The van der Waals surface area contributed by atoms with E-state index < -0.39 is 5.60 Å². The van der Waals surface area contributed by atoms with Crippen LogP contribution in [0.4, 0.5) is 5.95 Å². The van der Waals surface area contributed by atoms with Crippen LogP contribution in [0, 0.1) is 0 Å². The predicted octanol–water partition coefficient (Wildman–Crippen LogP) is 0.262. The number of rotatable bonds is 5. The quantitative estimate of drug-likeness (QED) is 0.808. The number of aliphatic hydroxyl groups is 1. The van der Waals surface area contributed by atoms with Crippen LogP contribution in [-0.4, -0.2) is 55.8 Å². The molecule has 1 amide bonds. The summed E-state index contributed by atoms with van der Waals surface area (Å²) in [7, 11) is 0. The van der Waals surface area contributed by atoms with Crippen LogP contribution in [0.5, 0.6) is 0 Å². The van der Waals surface area contributed by atoms with Crippen LogP contribution >= 0.6 is 11.5 Å². The molecule has 0 aliphatic carbocycles. The molecular formula is C14H18N6O2S. The standard InChI is InChI=1S/C14H18N6O2S/c1-2-10-11(23-19-18-10)12(21)17-8-14(22)4-7-20(9-14)13-15-5-3-6-16-13/h3,5-6,22H,2,4,7-9H2,1H3,(H,17,21)/t14-/m0/s1. The third kappa shape index (κ3) is 3.45. The first kappa shape index (κ1) is 15.8. The number of aryl methyl sites for hydroxylation is 1. The lowest BCUT2D eigenvalue weighted by Gasteiger charge is -2.23. The van der Waals surface area contributed by atoms with Crippen molar-refractivity contribution in [2.45, 2.75) is 25.4 Å². The minimum Gasteiger partial charge on any atom is -0.386 e. The normalized spacial score (nSPS) is 20.7. The minimum atomic E-state index is -0.987. The zero-order valence-electron chi connectivity index (χ0n) is 12.8. The third-order valence-corrected chi connectivity index (χ3v) is 4.61. The molecule has 2 aromatic heterocycles. The maximum absolute atomic E-state index is 12.2. The van der Waals surface area contributed by atoms with Crippen molar-refractivity contribution < 1.29 is 9.90 Å². The molecule has 23 heavy (non-hydrogen) atoms. The molecule has 9 heteroatoms. The van der Waals surface area contributed by atoms with Crippen molar-refractivity contribution in [1.29, 1.82) is 0 Å². The molecule has 0 aromatic carbocycles. The smallest absolute Gasteiger partial charge is 0.265 e. The second kappa shape index (κ2) is 6.55. The van der Waals surface area contributed by atoms with Crippen LogP contribution in [0.1, 0.15) is 28.7 Å². The molecule has 1 atom stereocenters. The highest BCUT2D eigenvalue weighted by molar-refractivity contribution is 7.08. The lowest BCUT2D eigenvalue weighted by atomic mass is 10.0. The summed E-state index contributed by atoms with van der Waals surface area (Å²) in [5, 5.41) is 17.4. The highest BCUT2D eigenvalue weighted by atomic mass is 32.1. The van der Waals surface area contributed by atoms with Crippen LogP contribution in [0.25, 0.3) is 0 Å². The van der Waals surface area contributed by atoms with E-state index >= 15 is 0 Å². The summed E-state index contributed by atoms with van der Waals surface area (Å²) in [4.78, 5) is 23.0. The van der Waals surface area contributed by atoms with E-state index in [2.05, 4.69) is 24.9 Å². The van der Waals surface area contributed by atoms with Gasteiger partial charge in [-0.15, -0.1) is 5.10 Å². The van der Waals surface area contributed by atoms with Crippen molar-refractivity contribution in [3.63, 3.8) is 0 Å². The molecular weight excluding hydrogens is 316 g/mol. The molecule has 3 heterocycles. The molecule has 0 saturated carbocycles. The minimum absolute atomic E-state index is 0.177. The van der Waals surface area contributed by atoms with Gasteiger partial charge in [-0.05, 0) is 30.4 Å².